The lowest BCUT2D eigenvalue weighted by Crippen LogP contribution is -2.23. The summed E-state index contributed by atoms with van der Waals surface area (Å²) >= 11 is 0. The van der Waals surface area contributed by atoms with Crippen molar-refractivity contribution in [3.63, 3.8) is 0 Å². The zero-order valence-electron chi connectivity index (χ0n) is 12.4. The average molecular weight is 279 g/mol. The van der Waals surface area contributed by atoms with Crippen molar-refractivity contribution in [2.75, 3.05) is 13.7 Å². The molecular formula is C16H25NO3. The van der Waals surface area contributed by atoms with Gasteiger partial charge in [0.15, 0.2) is 0 Å². The first-order chi connectivity index (χ1) is 9.61. The monoisotopic (exact) mass is 279 g/mol. The quantitative estimate of drug-likeness (QED) is 0.647. The summed E-state index contributed by atoms with van der Waals surface area (Å²) in [5.41, 5.74) is 1.26. The second-order valence-electron chi connectivity index (χ2n) is 5.09. The number of carboxylic acid groups (broad SMARTS) is 1. The number of aliphatic carboxylic acids is 1. The molecule has 0 aliphatic carbocycles. The van der Waals surface area contributed by atoms with Crippen LogP contribution in [0.3, 0.4) is 0 Å². The van der Waals surface area contributed by atoms with Crippen LogP contribution in [0.25, 0.3) is 0 Å². The number of hydrogen-bond acceptors (Lipinski definition) is 3. The van der Waals surface area contributed by atoms with Gasteiger partial charge in [0.2, 0.25) is 0 Å². The SMILES string of the molecule is CN[C@H](C)Cc1cccc(OCCCCCC(=O)O)c1. The van der Waals surface area contributed by atoms with Crippen LogP contribution in [0, 0.1) is 0 Å². The average Bonchev–Trinajstić information content (AvgIpc) is 2.42. The summed E-state index contributed by atoms with van der Waals surface area (Å²) in [6.45, 7) is 2.79. The Morgan fingerprint density at radius 2 is 2.15 bits per heavy atom. The second kappa shape index (κ2) is 9.37. The van der Waals surface area contributed by atoms with Crippen molar-refractivity contribution >= 4 is 5.97 Å². The van der Waals surface area contributed by atoms with Gasteiger partial charge in [-0.3, -0.25) is 4.79 Å². The van der Waals surface area contributed by atoms with Gasteiger partial charge in [0.25, 0.3) is 0 Å². The van der Waals surface area contributed by atoms with E-state index in [-0.39, 0.29) is 6.42 Å². The predicted molar refractivity (Wildman–Crippen MR) is 80.3 cm³/mol. The van der Waals surface area contributed by atoms with E-state index in [1.807, 2.05) is 19.2 Å². The molecule has 4 heteroatoms. The molecule has 0 aliphatic rings. The van der Waals surface area contributed by atoms with E-state index in [2.05, 4.69) is 24.4 Å². The Hall–Kier alpha value is -1.55. The van der Waals surface area contributed by atoms with Crippen LogP contribution in [0.4, 0.5) is 0 Å². The predicted octanol–water partition coefficient (Wildman–Crippen LogP) is 2.86. The van der Waals surface area contributed by atoms with Crippen molar-refractivity contribution in [2.45, 2.75) is 45.1 Å². The number of carboxylic acids is 1. The van der Waals surface area contributed by atoms with Crippen LogP contribution in [0.1, 0.15) is 38.2 Å². The maximum absolute atomic E-state index is 10.4. The van der Waals surface area contributed by atoms with Gasteiger partial charge in [0, 0.05) is 12.5 Å². The summed E-state index contributed by atoms with van der Waals surface area (Å²) in [5.74, 6) is 0.168. The molecule has 112 valence electrons. The largest absolute Gasteiger partial charge is 0.494 e. The molecule has 1 aromatic carbocycles. The fraction of sp³-hybridized carbons (Fsp3) is 0.562. The molecule has 20 heavy (non-hydrogen) atoms. The molecule has 0 unspecified atom stereocenters. The zero-order chi connectivity index (χ0) is 14.8. The van der Waals surface area contributed by atoms with Gasteiger partial charge in [-0.05, 0) is 57.4 Å². The summed E-state index contributed by atoms with van der Waals surface area (Å²) in [4.78, 5) is 10.4. The van der Waals surface area contributed by atoms with E-state index in [1.54, 1.807) is 0 Å². The fourth-order valence-electron chi connectivity index (χ4n) is 1.96. The van der Waals surface area contributed by atoms with Gasteiger partial charge >= 0.3 is 5.97 Å². The van der Waals surface area contributed by atoms with Gasteiger partial charge < -0.3 is 15.2 Å². The molecule has 0 aliphatic heterocycles. The minimum Gasteiger partial charge on any atom is -0.494 e. The van der Waals surface area contributed by atoms with Crippen LogP contribution in [-0.2, 0) is 11.2 Å². The first-order valence-corrected chi connectivity index (χ1v) is 7.22. The maximum atomic E-state index is 10.4. The van der Waals surface area contributed by atoms with Gasteiger partial charge in [-0.1, -0.05) is 12.1 Å². The third-order valence-electron chi connectivity index (χ3n) is 3.24. The van der Waals surface area contributed by atoms with Gasteiger partial charge in [-0.2, -0.15) is 0 Å². The molecule has 1 rings (SSSR count). The number of nitrogens with one attached hydrogen (secondary N) is 1. The number of likely N-dealkylation sites (N-methyl/N-ethyl adjacent to an activating group) is 1. The molecule has 0 aromatic heterocycles. The number of rotatable bonds is 10. The molecule has 0 saturated heterocycles. The molecule has 0 spiro atoms. The molecule has 4 nitrogen and oxygen atoms in total. The number of hydrogen-bond donors (Lipinski definition) is 2. The molecule has 0 amide bonds. The van der Waals surface area contributed by atoms with Crippen molar-refractivity contribution in [1.82, 2.24) is 5.32 Å². The molecule has 0 fully saturated rings. The van der Waals surface area contributed by atoms with E-state index < -0.39 is 5.97 Å². The highest BCUT2D eigenvalue weighted by Gasteiger charge is 2.02. The number of ether oxygens (including phenoxy) is 1. The normalized spacial score (nSPS) is 12.1. The third kappa shape index (κ3) is 7.14. The summed E-state index contributed by atoms with van der Waals surface area (Å²) in [5, 5.41) is 11.8. The van der Waals surface area contributed by atoms with Crippen LogP contribution in [0.5, 0.6) is 5.75 Å². The molecule has 1 aromatic rings. The first kappa shape index (κ1) is 16.5. The molecule has 0 bridgehead atoms. The van der Waals surface area contributed by atoms with Crippen LogP contribution in [-0.4, -0.2) is 30.8 Å². The number of carbonyl (C=O) groups is 1. The van der Waals surface area contributed by atoms with Crippen molar-refractivity contribution in [2.24, 2.45) is 0 Å². The van der Waals surface area contributed by atoms with E-state index >= 15 is 0 Å². The highest BCUT2D eigenvalue weighted by molar-refractivity contribution is 5.66. The number of benzene rings is 1. The van der Waals surface area contributed by atoms with Crippen LogP contribution in [0.15, 0.2) is 24.3 Å². The molecular weight excluding hydrogens is 254 g/mol. The first-order valence-electron chi connectivity index (χ1n) is 7.22. The van der Waals surface area contributed by atoms with Gasteiger partial charge in [-0.25, -0.2) is 0 Å². The fourth-order valence-corrected chi connectivity index (χ4v) is 1.96. The Kier molecular flexibility index (Phi) is 7.73. The molecule has 0 radical (unpaired) electrons. The highest BCUT2D eigenvalue weighted by atomic mass is 16.5. The second-order valence-corrected chi connectivity index (χ2v) is 5.09. The van der Waals surface area contributed by atoms with Crippen molar-refractivity contribution in [3.05, 3.63) is 29.8 Å². The lowest BCUT2D eigenvalue weighted by molar-refractivity contribution is -0.137. The zero-order valence-corrected chi connectivity index (χ0v) is 12.4. The summed E-state index contributed by atoms with van der Waals surface area (Å²) in [6, 6.07) is 8.60. The lowest BCUT2D eigenvalue weighted by Gasteiger charge is -2.11. The van der Waals surface area contributed by atoms with Crippen LogP contribution < -0.4 is 10.1 Å². The van der Waals surface area contributed by atoms with Crippen LogP contribution >= 0.6 is 0 Å². The standard InChI is InChI=1S/C16H25NO3/c1-13(17-2)11-14-7-6-8-15(12-14)20-10-5-3-4-9-16(18)19/h6-8,12-13,17H,3-5,9-11H2,1-2H3,(H,18,19)/t13-/m1/s1. The molecule has 0 saturated carbocycles. The Labute approximate surface area is 121 Å². The Morgan fingerprint density at radius 3 is 2.85 bits per heavy atom. The van der Waals surface area contributed by atoms with Gasteiger partial charge in [0.1, 0.15) is 5.75 Å². The topological polar surface area (TPSA) is 58.6 Å². The van der Waals surface area contributed by atoms with Crippen molar-refractivity contribution < 1.29 is 14.6 Å². The van der Waals surface area contributed by atoms with E-state index in [4.69, 9.17) is 9.84 Å². The Morgan fingerprint density at radius 1 is 1.35 bits per heavy atom. The Bertz CT molecular complexity index is 406. The summed E-state index contributed by atoms with van der Waals surface area (Å²) in [6.07, 6.45) is 3.73. The minimum atomic E-state index is -0.725. The lowest BCUT2D eigenvalue weighted by atomic mass is 10.1. The van der Waals surface area contributed by atoms with Crippen LogP contribution in [0.2, 0.25) is 0 Å². The molecule has 1 atom stereocenters. The summed E-state index contributed by atoms with van der Waals surface area (Å²) in [7, 11) is 1.96. The van der Waals surface area contributed by atoms with Gasteiger partial charge in [-0.15, -0.1) is 0 Å². The maximum Gasteiger partial charge on any atom is 0.303 e. The van der Waals surface area contributed by atoms with E-state index in [0.29, 0.717) is 12.6 Å². The van der Waals surface area contributed by atoms with E-state index in [9.17, 15) is 4.79 Å². The highest BCUT2D eigenvalue weighted by Crippen LogP contribution is 2.15. The molecule has 0 heterocycles. The van der Waals surface area contributed by atoms with E-state index in [0.717, 1.165) is 31.4 Å². The number of unbranched alkanes of at least 4 members (excludes halogenated alkanes) is 2. The summed E-state index contributed by atoms with van der Waals surface area (Å²) < 4.78 is 5.70. The van der Waals surface area contributed by atoms with Crippen molar-refractivity contribution in [1.29, 1.82) is 0 Å². The smallest absolute Gasteiger partial charge is 0.303 e. The third-order valence-corrected chi connectivity index (χ3v) is 3.24. The minimum absolute atomic E-state index is 0.247. The molecule has 2 N–H and O–H groups in total. The van der Waals surface area contributed by atoms with E-state index in [1.165, 1.54) is 5.56 Å². The Balaban J connectivity index is 2.26. The van der Waals surface area contributed by atoms with Gasteiger partial charge in [0.05, 0.1) is 6.61 Å². The van der Waals surface area contributed by atoms with Crippen molar-refractivity contribution in [3.8, 4) is 5.75 Å².